The molecule has 0 spiro atoms. The van der Waals surface area contributed by atoms with Crippen molar-refractivity contribution in [2.45, 2.75) is 37.3 Å². The largest absolute Gasteiger partial charge is 0.416 e. The number of aliphatic hydroxyl groups is 1. The van der Waals surface area contributed by atoms with E-state index in [9.17, 15) is 26.3 Å². The van der Waals surface area contributed by atoms with Gasteiger partial charge in [-0.05, 0) is 36.6 Å². The molecule has 8 heteroatoms. The Balaban J connectivity index is 2.27. The van der Waals surface area contributed by atoms with Crippen LogP contribution >= 0.6 is 0 Å². The van der Waals surface area contributed by atoms with Gasteiger partial charge >= 0.3 is 12.4 Å². The SMILES string of the molecule is OCC1(NCc2cc(C(F)(F)F)cc(C(F)(F)F)c2)CC1. The Morgan fingerprint density at radius 3 is 1.76 bits per heavy atom. The highest BCUT2D eigenvalue weighted by Crippen LogP contribution is 2.37. The molecular formula is C13H13F6NO. The quantitative estimate of drug-likeness (QED) is 0.836. The van der Waals surface area contributed by atoms with Crippen molar-refractivity contribution in [3.05, 3.63) is 34.9 Å². The molecule has 1 aromatic carbocycles. The van der Waals surface area contributed by atoms with Crippen molar-refractivity contribution in [1.82, 2.24) is 5.32 Å². The predicted molar refractivity (Wildman–Crippen MR) is 62.3 cm³/mol. The van der Waals surface area contributed by atoms with Gasteiger partial charge in [0.1, 0.15) is 0 Å². The summed E-state index contributed by atoms with van der Waals surface area (Å²) in [5.41, 5.74) is -3.34. The van der Waals surface area contributed by atoms with Gasteiger partial charge in [0.15, 0.2) is 0 Å². The van der Waals surface area contributed by atoms with Crippen molar-refractivity contribution in [3.63, 3.8) is 0 Å². The van der Waals surface area contributed by atoms with Crippen LogP contribution in [0.25, 0.3) is 0 Å². The second kappa shape index (κ2) is 5.17. The van der Waals surface area contributed by atoms with E-state index in [4.69, 9.17) is 5.11 Å². The van der Waals surface area contributed by atoms with Crippen molar-refractivity contribution >= 4 is 0 Å². The first-order valence-electron chi connectivity index (χ1n) is 6.20. The third kappa shape index (κ3) is 3.88. The van der Waals surface area contributed by atoms with Gasteiger partial charge in [-0.1, -0.05) is 0 Å². The van der Waals surface area contributed by atoms with Gasteiger partial charge < -0.3 is 10.4 Å². The molecule has 0 heterocycles. The summed E-state index contributed by atoms with van der Waals surface area (Å²) in [5, 5.41) is 11.9. The number of aliphatic hydroxyl groups excluding tert-OH is 1. The van der Waals surface area contributed by atoms with E-state index in [1.54, 1.807) is 0 Å². The lowest BCUT2D eigenvalue weighted by molar-refractivity contribution is -0.143. The number of benzene rings is 1. The van der Waals surface area contributed by atoms with Crippen molar-refractivity contribution in [1.29, 1.82) is 0 Å². The minimum Gasteiger partial charge on any atom is -0.394 e. The van der Waals surface area contributed by atoms with Crippen LogP contribution in [0.2, 0.25) is 0 Å². The second-order valence-electron chi connectivity index (χ2n) is 5.21. The van der Waals surface area contributed by atoms with Crippen LogP contribution < -0.4 is 5.32 Å². The first-order valence-corrected chi connectivity index (χ1v) is 6.20. The Bertz CT molecular complexity index is 486. The fraction of sp³-hybridized carbons (Fsp3) is 0.538. The van der Waals surface area contributed by atoms with E-state index < -0.39 is 29.0 Å². The predicted octanol–water partition coefficient (Wildman–Crippen LogP) is 3.34. The molecule has 0 bridgehead atoms. The molecule has 0 radical (unpaired) electrons. The van der Waals surface area contributed by atoms with Crippen molar-refractivity contribution in [2.24, 2.45) is 0 Å². The van der Waals surface area contributed by atoms with E-state index in [0.29, 0.717) is 25.0 Å². The second-order valence-corrected chi connectivity index (χ2v) is 5.21. The first kappa shape index (κ1) is 16.1. The zero-order valence-electron chi connectivity index (χ0n) is 10.8. The van der Waals surface area contributed by atoms with Gasteiger partial charge in [-0.25, -0.2) is 0 Å². The monoisotopic (exact) mass is 313 g/mol. The number of nitrogens with one attached hydrogen (secondary N) is 1. The van der Waals surface area contributed by atoms with E-state index in [-0.39, 0.29) is 24.8 Å². The van der Waals surface area contributed by atoms with Gasteiger partial charge in [0.2, 0.25) is 0 Å². The van der Waals surface area contributed by atoms with Gasteiger partial charge in [0, 0.05) is 12.1 Å². The number of hydrogen-bond acceptors (Lipinski definition) is 2. The maximum atomic E-state index is 12.7. The minimum absolute atomic E-state index is 0.0996. The normalized spacial score (nSPS) is 17.9. The van der Waals surface area contributed by atoms with Crippen LogP contribution in [-0.4, -0.2) is 17.3 Å². The van der Waals surface area contributed by atoms with Crippen molar-refractivity contribution in [2.75, 3.05) is 6.61 Å². The van der Waals surface area contributed by atoms with Crippen molar-refractivity contribution < 1.29 is 31.4 Å². The van der Waals surface area contributed by atoms with E-state index in [0.717, 1.165) is 0 Å². The molecule has 0 atom stereocenters. The molecular weight excluding hydrogens is 300 g/mol. The third-order valence-corrected chi connectivity index (χ3v) is 3.47. The average Bonchev–Trinajstić information content (AvgIpc) is 3.15. The molecule has 2 N–H and O–H groups in total. The molecule has 0 amide bonds. The number of rotatable bonds is 4. The lowest BCUT2D eigenvalue weighted by atomic mass is 10.0. The number of hydrogen-bond donors (Lipinski definition) is 2. The Hall–Kier alpha value is -1.28. The zero-order chi connectivity index (χ0) is 15.9. The van der Waals surface area contributed by atoms with Crippen LogP contribution in [0.5, 0.6) is 0 Å². The Labute approximate surface area is 116 Å². The molecule has 21 heavy (non-hydrogen) atoms. The summed E-state index contributed by atoms with van der Waals surface area (Å²) < 4.78 is 76.0. The third-order valence-electron chi connectivity index (χ3n) is 3.47. The summed E-state index contributed by atoms with van der Waals surface area (Å²) >= 11 is 0. The zero-order valence-corrected chi connectivity index (χ0v) is 10.8. The molecule has 0 aliphatic heterocycles. The van der Waals surface area contributed by atoms with Gasteiger partial charge in [-0.3, -0.25) is 0 Å². The van der Waals surface area contributed by atoms with Crippen LogP contribution in [-0.2, 0) is 18.9 Å². The molecule has 2 nitrogen and oxygen atoms in total. The number of alkyl halides is 6. The molecule has 1 saturated carbocycles. The van der Waals surface area contributed by atoms with Crippen LogP contribution in [0.15, 0.2) is 18.2 Å². The molecule has 0 unspecified atom stereocenters. The fourth-order valence-electron chi connectivity index (χ4n) is 1.95. The molecule has 2 rings (SSSR count). The summed E-state index contributed by atoms with van der Waals surface area (Å²) in [4.78, 5) is 0. The highest BCUT2D eigenvalue weighted by Gasteiger charge is 2.42. The van der Waals surface area contributed by atoms with Gasteiger partial charge in [0.05, 0.1) is 17.7 Å². The number of halogens is 6. The van der Waals surface area contributed by atoms with E-state index in [1.165, 1.54) is 0 Å². The van der Waals surface area contributed by atoms with Gasteiger partial charge in [-0.15, -0.1) is 0 Å². The van der Waals surface area contributed by atoms with E-state index in [2.05, 4.69) is 5.32 Å². The average molecular weight is 313 g/mol. The summed E-state index contributed by atoms with van der Waals surface area (Å²) in [7, 11) is 0. The van der Waals surface area contributed by atoms with Gasteiger partial charge in [0.25, 0.3) is 0 Å². The summed E-state index contributed by atoms with van der Waals surface area (Å²) in [6.45, 7) is -0.356. The Kier molecular flexibility index (Phi) is 3.96. The molecule has 0 saturated heterocycles. The minimum atomic E-state index is -4.84. The maximum absolute atomic E-state index is 12.7. The molecule has 1 aliphatic carbocycles. The Morgan fingerprint density at radius 1 is 0.952 bits per heavy atom. The topological polar surface area (TPSA) is 32.3 Å². The molecule has 1 fully saturated rings. The lowest BCUT2D eigenvalue weighted by Crippen LogP contribution is -2.34. The maximum Gasteiger partial charge on any atom is 0.416 e. The lowest BCUT2D eigenvalue weighted by Gasteiger charge is -2.17. The van der Waals surface area contributed by atoms with Crippen LogP contribution in [0.3, 0.4) is 0 Å². The summed E-state index contributed by atoms with van der Waals surface area (Å²) in [6.07, 6.45) is -8.39. The molecule has 0 aromatic heterocycles. The Morgan fingerprint density at radius 2 is 1.43 bits per heavy atom. The van der Waals surface area contributed by atoms with E-state index in [1.807, 2.05) is 0 Å². The highest BCUT2D eigenvalue weighted by molar-refractivity contribution is 5.33. The van der Waals surface area contributed by atoms with Crippen LogP contribution in [0.4, 0.5) is 26.3 Å². The van der Waals surface area contributed by atoms with Crippen molar-refractivity contribution in [3.8, 4) is 0 Å². The van der Waals surface area contributed by atoms with Crippen LogP contribution in [0, 0.1) is 0 Å². The molecule has 1 aromatic rings. The van der Waals surface area contributed by atoms with Gasteiger partial charge in [-0.2, -0.15) is 26.3 Å². The van der Waals surface area contributed by atoms with Crippen LogP contribution in [0.1, 0.15) is 29.5 Å². The molecule has 1 aliphatic rings. The highest BCUT2D eigenvalue weighted by atomic mass is 19.4. The van der Waals surface area contributed by atoms with E-state index >= 15 is 0 Å². The molecule has 118 valence electrons. The summed E-state index contributed by atoms with van der Waals surface area (Å²) in [6, 6.07) is 1.48. The standard InChI is InChI=1S/C13H13F6NO/c14-12(15,16)9-3-8(4-10(5-9)13(17,18)19)6-20-11(7-21)1-2-11/h3-5,20-21H,1-2,6-7H2. The summed E-state index contributed by atoms with van der Waals surface area (Å²) in [5.74, 6) is 0. The first-order chi connectivity index (χ1) is 9.56. The fourth-order valence-corrected chi connectivity index (χ4v) is 1.95. The smallest absolute Gasteiger partial charge is 0.394 e.